The second-order valence-corrected chi connectivity index (χ2v) is 3.55. The van der Waals surface area contributed by atoms with E-state index in [0.29, 0.717) is 6.61 Å². The normalized spacial score (nSPS) is 20.0. The van der Waals surface area contributed by atoms with E-state index in [-0.39, 0.29) is 0 Å². The molecule has 0 aromatic heterocycles. The largest absolute Gasteiger partial charge is 0.351 e. The van der Waals surface area contributed by atoms with Crippen molar-refractivity contribution < 1.29 is 9.84 Å². The number of rotatable bonds is 2. The molecule has 0 saturated heterocycles. The Labute approximate surface area is 83.7 Å². The van der Waals surface area contributed by atoms with Gasteiger partial charge in [-0.3, -0.25) is 0 Å². The van der Waals surface area contributed by atoms with Crippen LogP contribution in [0.2, 0.25) is 0 Å². The Bertz CT molecular complexity index is 325. The third-order valence-electron chi connectivity index (χ3n) is 2.38. The fourth-order valence-corrected chi connectivity index (χ4v) is 1.69. The molecule has 14 heavy (non-hydrogen) atoms. The van der Waals surface area contributed by atoms with Gasteiger partial charge in [-0.05, 0) is 18.1 Å². The number of aliphatic hydroxyl groups excluding tert-OH is 1. The van der Waals surface area contributed by atoms with E-state index in [1.807, 2.05) is 6.07 Å². The van der Waals surface area contributed by atoms with Gasteiger partial charge in [0, 0.05) is 11.3 Å². The summed E-state index contributed by atoms with van der Waals surface area (Å²) < 4.78 is 5.08. The maximum atomic E-state index is 9.20. The number of ether oxygens (including phenoxy) is 1. The van der Waals surface area contributed by atoms with Crippen LogP contribution in [0.4, 0.5) is 5.69 Å². The van der Waals surface area contributed by atoms with Gasteiger partial charge in [0.2, 0.25) is 6.41 Å². The SMILES string of the molecule is CCCc1ccc2c(c1)COC(O)N2. The van der Waals surface area contributed by atoms with Gasteiger partial charge in [0.25, 0.3) is 0 Å². The number of benzene rings is 1. The predicted molar refractivity (Wildman–Crippen MR) is 54.9 cm³/mol. The minimum absolute atomic E-state index is 0.487. The molecule has 1 aromatic rings. The second-order valence-electron chi connectivity index (χ2n) is 3.55. The molecule has 0 aliphatic carbocycles. The van der Waals surface area contributed by atoms with Crippen LogP contribution in [0.3, 0.4) is 0 Å². The number of hydrogen-bond acceptors (Lipinski definition) is 3. The summed E-state index contributed by atoms with van der Waals surface area (Å²) in [6, 6.07) is 6.23. The van der Waals surface area contributed by atoms with E-state index in [2.05, 4.69) is 24.4 Å². The van der Waals surface area contributed by atoms with Crippen LogP contribution in [0.1, 0.15) is 24.5 Å². The van der Waals surface area contributed by atoms with Crippen molar-refractivity contribution in [2.75, 3.05) is 5.32 Å². The summed E-state index contributed by atoms with van der Waals surface area (Å²) >= 11 is 0. The van der Waals surface area contributed by atoms with E-state index < -0.39 is 6.41 Å². The first kappa shape index (κ1) is 9.49. The van der Waals surface area contributed by atoms with Crippen LogP contribution in [0, 0.1) is 0 Å². The first-order valence-corrected chi connectivity index (χ1v) is 4.97. The van der Waals surface area contributed by atoms with Gasteiger partial charge in [-0.1, -0.05) is 25.5 Å². The fraction of sp³-hybridized carbons (Fsp3) is 0.455. The molecule has 0 radical (unpaired) electrons. The minimum atomic E-state index is -0.862. The molecule has 0 spiro atoms. The molecule has 3 nitrogen and oxygen atoms in total. The summed E-state index contributed by atoms with van der Waals surface area (Å²) in [5.74, 6) is 0. The van der Waals surface area contributed by atoms with Crippen molar-refractivity contribution in [3.63, 3.8) is 0 Å². The zero-order valence-corrected chi connectivity index (χ0v) is 8.29. The van der Waals surface area contributed by atoms with Crippen LogP contribution in [-0.2, 0) is 17.8 Å². The van der Waals surface area contributed by atoms with Gasteiger partial charge in [0.1, 0.15) is 0 Å². The maximum absolute atomic E-state index is 9.20. The summed E-state index contributed by atoms with van der Waals surface area (Å²) in [4.78, 5) is 0. The van der Waals surface area contributed by atoms with Crippen LogP contribution in [-0.4, -0.2) is 11.5 Å². The maximum Gasteiger partial charge on any atom is 0.235 e. The lowest BCUT2D eigenvalue weighted by Gasteiger charge is -2.23. The molecule has 2 N–H and O–H groups in total. The molecule has 1 aliphatic heterocycles. The lowest BCUT2D eigenvalue weighted by atomic mass is 10.0. The van der Waals surface area contributed by atoms with Crippen LogP contribution in [0.5, 0.6) is 0 Å². The minimum Gasteiger partial charge on any atom is -0.351 e. The lowest BCUT2D eigenvalue weighted by Crippen LogP contribution is -2.27. The van der Waals surface area contributed by atoms with E-state index in [1.165, 1.54) is 5.56 Å². The van der Waals surface area contributed by atoms with E-state index in [0.717, 1.165) is 24.1 Å². The van der Waals surface area contributed by atoms with Crippen LogP contribution < -0.4 is 5.32 Å². The molecule has 0 amide bonds. The summed E-state index contributed by atoms with van der Waals surface area (Å²) in [6.45, 7) is 2.65. The molecule has 1 aliphatic rings. The molecule has 3 heteroatoms. The van der Waals surface area contributed by atoms with E-state index >= 15 is 0 Å². The molecule has 2 rings (SSSR count). The van der Waals surface area contributed by atoms with Crippen molar-refractivity contribution >= 4 is 5.69 Å². The van der Waals surface area contributed by atoms with Crippen molar-refractivity contribution in [1.29, 1.82) is 0 Å². The molecule has 0 fully saturated rings. The molecule has 1 heterocycles. The Morgan fingerprint density at radius 2 is 2.43 bits per heavy atom. The number of aliphatic hydroxyl groups is 1. The molecular weight excluding hydrogens is 178 g/mol. The first-order valence-electron chi connectivity index (χ1n) is 4.97. The molecule has 0 saturated carbocycles. The van der Waals surface area contributed by atoms with Crippen molar-refractivity contribution in [2.45, 2.75) is 32.8 Å². The van der Waals surface area contributed by atoms with E-state index in [1.54, 1.807) is 0 Å². The zero-order valence-electron chi connectivity index (χ0n) is 8.29. The summed E-state index contributed by atoms with van der Waals surface area (Å²) in [6.07, 6.45) is 1.38. The Balaban J connectivity index is 2.22. The molecule has 1 aromatic carbocycles. The second kappa shape index (κ2) is 3.98. The lowest BCUT2D eigenvalue weighted by molar-refractivity contribution is -0.0929. The van der Waals surface area contributed by atoms with E-state index in [9.17, 15) is 5.11 Å². The highest BCUT2D eigenvalue weighted by molar-refractivity contribution is 5.53. The van der Waals surface area contributed by atoms with Gasteiger partial charge in [-0.15, -0.1) is 0 Å². The van der Waals surface area contributed by atoms with Crippen molar-refractivity contribution in [1.82, 2.24) is 0 Å². The number of hydrogen-bond donors (Lipinski definition) is 2. The summed E-state index contributed by atoms with van der Waals surface area (Å²) in [5.41, 5.74) is 3.43. The Kier molecular flexibility index (Phi) is 2.70. The average molecular weight is 193 g/mol. The Hall–Kier alpha value is -1.06. The van der Waals surface area contributed by atoms with Gasteiger partial charge < -0.3 is 15.2 Å². The Morgan fingerprint density at radius 1 is 1.57 bits per heavy atom. The van der Waals surface area contributed by atoms with Crippen LogP contribution in [0.25, 0.3) is 0 Å². The number of aryl methyl sites for hydroxylation is 1. The van der Waals surface area contributed by atoms with Gasteiger partial charge in [-0.25, -0.2) is 0 Å². The number of anilines is 1. The summed E-state index contributed by atoms with van der Waals surface area (Å²) in [7, 11) is 0. The summed E-state index contributed by atoms with van der Waals surface area (Å²) in [5, 5.41) is 12.1. The van der Waals surface area contributed by atoms with E-state index in [4.69, 9.17) is 4.74 Å². The zero-order chi connectivity index (χ0) is 9.97. The fourth-order valence-electron chi connectivity index (χ4n) is 1.69. The van der Waals surface area contributed by atoms with Gasteiger partial charge in [0.05, 0.1) is 6.61 Å². The molecule has 76 valence electrons. The molecule has 0 bridgehead atoms. The average Bonchev–Trinajstić information content (AvgIpc) is 2.19. The molecular formula is C11H15NO2. The smallest absolute Gasteiger partial charge is 0.235 e. The van der Waals surface area contributed by atoms with Gasteiger partial charge in [-0.2, -0.15) is 0 Å². The van der Waals surface area contributed by atoms with Gasteiger partial charge in [0.15, 0.2) is 0 Å². The standard InChI is InChI=1S/C11H15NO2/c1-2-3-8-4-5-10-9(6-8)7-14-11(13)12-10/h4-6,11-13H,2-3,7H2,1H3. The van der Waals surface area contributed by atoms with Gasteiger partial charge >= 0.3 is 0 Å². The molecule has 1 unspecified atom stereocenters. The third kappa shape index (κ3) is 1.89. The van der Waals surface area contributed by atoms with Crippen LogP contribution in [0.15, 0.2) is 18.2 Å². The first-order chi connectivity index (χ1) is 6.79. The topological polar surface area (TPSA) is 41.5 Å². The third-order valence-corrected chi connectivity index (χ3v) is 2.38. The highest BCUT2D eigenvalue weighted by atomic mass is 16.6. The highest BCUT2D eigenvalue weighted by Gasteiger charge is 2.14. The number of nitrogens with one attached hydrogen (secondary N) is 1. The van der Waals surface area contributed by atoms with Crippen molar-refractivity contribution in [2.24, 2.45) is 0 Å². The number of fused-ring (bicyclic) bond motifs is 1. The monoisotopic (exact) mass is 193 g/mol. The van der Waals surface area contributed by atoms with Crippen molar-refractivity contribution in [3.8, 4) is 0 Å². The van der Waals surface area contributed by atoms with Crippen LogP contribution >= 0.6 is 0 Å². The van der Waals surface area contributed by atoms with Crippen molar-refractivity contribution in [3.05, 3.63) is 29.3 Å². The quantitative estimate of drug-likeness (QED) is 0.753. The highest BCUT2D eigenvalue weighted by Crippen LogP contribution is 2.24. The Morgan fingerprint density at radius 3 is 3.21 bits per heavy atom. The predicted octanol–water partition coefficient (Wildman–Crippen LogP) is 1.86. The molecule has 1 atom stereocenters.